The molecule has 1 heterocycles. The fourth-order valence-electron chi connectivity index (χ4n) is 1.25. The van der Waals surface area contributed by atoms with Crippen LogP contribution < -0.4 is 10.1 Å². The van der Waals surface area contributed by atoms with Crippen molar-refractivity contribution in [1.29, 1.82) is 0 Å². The molecule has 0 spiro atoms. The topological polar surface area (TPSA) is 34.2 Å². The van der Waals surface area contributed by atoms with Gasteiger partial charge in [0.15, 0.2) is 0 Å². The maximum absolute atomic E-state index is 5.25. The quantitative estimate of drug-likeness (QED) is 0.791. The second-order valence-corrected chi connectivity index (χ2v) is 3.96. The van der Waals surface area contributed by atoms with Crippen molar-refractivity contribution in [2.24, 2.45) is 0 Å². The predicted molar refractivity (Wildman–Crippen MR) is 57.6 cm³/mol. The SMILES string of the molecule is CNC(C)(C)Cc1ncccc1OC. The van der Waals surface area contributed by atoms with E-state index in [2.05, 4.69) is 24.1 Å². The van der Waals surface area contributed by atoms with Crippen LogP contribution in [0.1, 0.15) is 19.5 Å². The first kappa shape index (κ1) is 11.0. The summed E-state index contributed by atoms with van der Waals surface area (Å²) < 4.78 is 5.25. The minimum absolute atomic E-state index is 0.0433. The average Bonchev–Trinajstić information content (AvgIpc) is 2.18. The Morgan fingerprint density at radius 1 is 1.50 bits per heavy atom. The third-order valence-electron chi connectivity index (χ3n) is 2.35. The van der Waals surface area contributed by atoms with Crippen LogP contribution >= 0.6 is 0 Å². The Hall–Kier alpha value is -1.09. The summed E-state index contributed by atoms with van der Waals surface area (Å²) in [5.74, 6) is 0.857. The van der Waals surface area contributed by atoms with E-state index in [0.29, 0.717) is 0 Å². The summed E-state index contributed by atoms with van der Waals surface area (Å²) in [5.41, 5.74) is 1.04. The van der Waals surface area contributed by atoms with Crippen LogP contribution in [0.4, 0.5) is 0 Å². The number of nitrogens with one attached hydrogen (secondary N) is 1. The van der Waals surface area contributed by atoms with Gasteiger partial charge in [-0.15, -0.1) is 0 Å². The first-order valence-corrected chi connectivity index (χ1v) is 4.76. The molecule has 1 aromatic rings. The van der Waals surface area contributed by atoms with Crippen LogP contribution in [0.25, 0.3) is 0 Å². The van der Waals surface area contributed by atoms with Crippen molar-refractivity contribution in [1.82, 2.24) is 10.3 Å². The zero-order valence-corrected chi connectivity index (χ0v) is 9.29. The van der Waals surface area contributed by atoms with Crippen molar-refractivity contribution in [3.63, 3.8) is 0 Å². The summed E-state index contributed by atoms with van der Waals surface area (Å²) >= 11 is 0. The van der Waals surface area contributed by atoms with E-state index in [1.165, 1.54) is 0 Å². The van der Waals surface area contributed by atoms with E-state index in [9.17, 15) is 0 Å². The highest BCUT2D eigenvalue weighted by Gasteiger charge is 2.18. The third-order valence-corrected chi connectivity index (χ3v) is 2.35. The molecule has 0 unspecified atom stereocenters. The van der Waals surface area contributed by atoms with Crippen LogP contribution in [0.2, 0.25) is 0 Å². The molecule has 0 aromatic carbocycles. The Morgan fingerprint density at radius 2 is 2.21 bits per heavy atom. The van der Waals surface area contributed by atoms with Gasteiger partial charge >= 0.3 is 0 Å². The first-order valence-electron chi connectivity index (χ1n) is 4.76. The van der Waals surface area contributed by atoms with Crippen molar-refractivity contribution in [3.8, 4) is 5.75 Å². The minimum Gasteiger partial charge on any atom is -0.495 e. The molecule has 1 N–H and O–H groups in total. The van der Waals surface area contributed by atoms with E-state index in [4.69, 9.17) is 4.74 Å². The lowest BCUT2D eigenvalue weighted by Crippen LogP contribution is -2.38. The van der Waals surface area contributed by atoms with E-state index >= 15 is 0 Å². The van der Waals surface area contributed by atoms with E-state index in [0.717, 1.165) is 17.9 Å². The lowest BCUT2D eigenvalue weighted by atomic mass is 9.98. The van der Waals surface area contributed by atoms with Crippen molar-refractivity contribution in [2.75, 3.05) is 14.2 Å². The van der Waals surface area contributed by atoms with Crippen molar-refractivity contribution in [3.05, 3.63) is 24.0 Å². The van der Waals surface area contributed by atoms with E-state index in [1.54, 1.807) is 13.3 Å². The highest BCUT2D eigenvalue weighted by Crippen LogP contribution is 2.19. The predicted octanol–water partition coefficient (Wildman–Crippen LogP) is 1.63. The van der Waals surface area contributed by atoms with Gasteiger partial charge in [0.1, 0.15) is 5.75 Å². The molecule has 0 aliphatic rings. The summed E-state index contributed by atoms with van der Waals surface area (Å²) in [6.07, 6.45) is 2.65. The number of hydrogen-bond donors (Lipinski definition) is 1. The van der Waals surface area contributed by atoms with Gasteiger partial charge in [0.2, 0.25) is 0 Å². The number of pyridine rings is 1. The molecule has 1 rings (SSSR count). The van der Waals surface area contributed by atoms with Gasteiger partial charge in [-0.1, -0.05) is 0 Å². The number of aromatic nitrogens is 1. The second-order valence-electron chi connectivity index (χ2n) is 3.96. The van der Waals surface area contributed by atoms with Crippen LogP contribution in [-0.4, -0.2) is 24.7 Å². The van der Waals surface area contributed by atoms with Crippen LogP contribution in [0.5, 0.6) is 5.75 Å². The van der Waals surface area contributed by atoms with Gasteiger partial charge in [0.25, 0.3) is 0 Å². The molecule has 0 bridgehead atoms. The number of hydrogen-bond acceptors (Lipinski definition) is 3. The monoisotopic (exact) mass is 194 g/mol. The summed E-state index contributed by atoms with van der Waals surface area (Å²) in [6.45, 7) is 4.28. The van der Waals surface area contributed by atoms with E-state index in [-0.39, 0.29) is 5.54 Å². The second kappa shape index (κ2) is 4.42. The maximum Gasteiger partial charge on any atom is 0.140 e. The molecule has 78 valence electrons. The van der Waals surface area contributed by atoms with Gasteiger partial charge in [-0.3, -0.25) is 4.98 Å². The van der Waals surface area contributed by atoms with Crippen molar-refractivity contribution < 1.29 is 4.74 Å². The molecule has 0 fully saturated rings. The highest BCUT2D eigenvalue weighted by atomic mass is 16.5. The zero-order valence-electron chi connectivity index (χ0n) is 9.29. The lowest BCUT2D eigenvalue weighted by molar-refractivity contribution is 0.381. The van der Waals surface area contributed by atoms with Crippen LogP contribution in [0.3, 0.4) is 0 Å². The molecule has 3 nitrogen and oxygen atoms in total. The highest BCUT2D eigenvalue weighted by molar-refractivity contribution is 5.28. The van der Waals surface area contributed by atoms with Crippen LogP contribution in [0.15, 0.2) is 18.3 Å². The van der Waals surface area contributed by atoms with Gasteiger partial charge in [-0.05, 0) is 33.0 Å². The Kier molecular flexibility index (Phi) is 3.47. The summed E-state index contributed by atoms with van der Waals surface area (Å²) in [7, 11) is 3.63. The molecular weight excluding hydrogens is 176 g/mol. The molecule has 0 atom stereocenters. The fraction of sp³-hybridized carbons (Fsp3) is 0.545. The summed E-state index contributed by atoms with van der Waals surface area (Å²) in [6, 6.07) is 3.82. The first-order chi connectivity index (χ1) is 6.59. The van der Waals surface area contributed by atoms with E-state index < -0.39 is 0 Å². The summed E-state index contributed by atoms with van der Waals surface area (Å²) in [4.78, 5) is 4.32. The van der Waals surface area contributed by atoms with Crippen LogP contribution in [-0.2, 0) is 6.42 Å². The molecule has 0 aliphatic heterocycles. The normalized spacial score (nSPS) is 11.4. The zero-order chi connectivity index (χ0) is 10.6. The molecular formula is C11H18N2O. The standard InChI is InChI=1S/C11H18N2O/c1-11(2,12-3)8-9-10(14-4)6-5-7-13-9/h5-7,12H,8H2,1-4H3. The average molecular weight is 194 g/mol. The van der Waals surface area contributed by atoms with Gasteiger partial charge in [0, 0.05) is 18.2 Å². The van der Waals surface area contributed by atoms with Gasteiger partial charge in [0.05, 0.1) is 12.8 Å². The van der Waals surface area contributed by atoms with Gasteiger partial charge in [-0.25, -0.2) is 0 Å². The molecule has 0 aliphatic carbocycles. The fourth-order valence-corrected chi connectivity index (χ4v) is 1.25. The smallest absolute Gasteiger partial charge is 0.140 e. The van der Waals surface area contributed by atoms with Gasteiger partial charge < -0.3 is 10.1 Å². The van der Waals surface area contributed by atoms with Crippen molar-refractivity contribution >= 4 is 0 Å². The Bertz CT molecular complexity index is 297. The molecule has 1 aromatic heterocycles. The van der Waals surface area contributed by atoms with Crippen LogP contribution in [0, 0.1) is 0 Å². The molecule has 0 saturated carbocycles. The number of likely N-dealkylation sites (N-methyl/N-ethyl adjacent to an activating group) is 1. The Balaban J connectivity index is 2.85. The number of rotatable bonds is 4. The third kappa shape index (κ3) is 2.70. The minimum atomic E-state index is 0.0433. The van der Waals surface area contributed by atoms with Gasteiger partial charge in [-0.2, -0.15) is 0 Å². The van der Waals surface area contributed by atoms with Crippen molar-refractivity contribution in [2.45, 2.75) is 25.8 Å². The molecule has 0 saturated heterocycles. The number of ether oxygens (including phenoxy) is 1. The molecule has 3 heteroatoms. The molecule has 0 amide bonds. The summed E-state index contributed by atoms with van der Waals surface area (Å²) in [5, 5.41) is 3.25. The molecule has 0 radical (unpaired) electrons. The maximum atomic E-state index is 5.25. The number of methoxy groups -OCH3 is 1. The van der Waals surface area contributed by atoms with E-state index in [1.807, 2.05) is 19.2 Å². The molecule has 14 heavy (non-hydrogen) atoms. The lowest BCUT2D eigenvalue weighted by Gasteiger charge is -2.24. The number of nitrogens with zero attached hydrogens (tertiary/aromatic N) is 1. The Morgan fingerprint density at radius 3 is 2.79 bits per heavy atom. The Labute approximate surface area is 85.5 Å². The largest absolute Gasteiger partial charge is 0.495 e.